The molecule has 5 heteroatoms. The molecule has 1 fully saturated rings. The number of benzene rings is 1. The number of aromatic nitrogens is 2. The standard InChI is InChI=1S/C19H26N4O/c1-14-7-8-16(11-15(14)2)18(24)12-20-17-5-4-10-23(13-17)19-6-3-9-21-22-19/h3,6-9,11,17-18,20,24H,4-5,10,12-13H2,1-2H3/t17-,18-/m1/s1. The number of aliphatic hydroxyl groups is 1. The van der Waals surface area contributed by atoms with Gasteiger partial charge in [-0.3, -0.25) is 0 Å². The normalized spacial score (nSPS) is 19.3. The molecule has 1 aromatic heterocycles. The van der Waals surface area contributed by atoms with Gasteiger partial charge in [-0.2, -0.15) is 5.10 Å². The summed E-state index contributed by atoms with van der Waals surface area (Å²) in [4.78, 5) is 2.26. The van der Waals surface area contributed by atoms with Crippen molar-refractivity contribution in [2.24, 2.45) is 0 Å². The van der Waals surface area contributed by atoms with Crippen molar-refractivity contribution in [1.29, 1.82) is 0 Å². The van der Waals surface area contributed by atoms with Crippen LogP contribution in [0.1, 0.15) is 35.6 Å². The third kappa shape index (κ3) is 4.10. The van der Waals surface area contributed by atoms with Gasteiger partial charge < -0.3 is 15.3 Å². The zero-order chi connectivity index (χ0) is 16.9. The molecule has 128 valence electrons. The number of nitrogens with one attached hydrogen (secondary N) is 1. The van der Waals surface area contributed by atoms with Gasteiger partial charge in [0.05, 0.1) is 6.10 Å². The first-order valence-corrected chi connectivity index (χ1v) is 8.65. The molecule has 2 N–H and O–H groups in total. The van der Waals surface area contributed by atoms with E-state index in [0.29, 0.717) is 12.6 Å². The minimum atomic E-state index is -0.476. The molecule has 0 radical (unpaired) electrons. The van der Waals surface area contributed by atoms with Crippen LogP contribution in [-0.2, 0) is 0 Å². The van der Waals surface area contributed by atoms with Gasteiger partial charge in [0.2, 0.25) is 0 Å². The number of nitrogens with zero attached hydrogens (tertiary/aromatic N) is 3. The topological polar surface area (TPSA) is 61.3 Å². The highest BCUT2D eigenvalue weighted by Crippen LogP contribution is 2.19. The molecule has 2 heterocycles. The highest BCUT2D eigenvalue weighted by molar-refractivity contribution is 5.37. The van der Waals surface area contributed by atoms with Gasteiger partial charge in [-0.05, 0) is 55.5 Å². The molecule has 24 heavy (non-hydrogen) atoms. The van der Waals surface area contributed by atoms with Crippen LogP contribution in [0.3, 0.4) is 0 Å². The molecule has 0 saturated carbocycles. The van der Waals surface area contributed by atoms with Crippen LogP contribution in [0.4, 0.5) is 5.82 Å². The third-order valence-corrected chi connectivity index (χ3v) is 4.82. The first-order valence-electron chi connectivity index (χ1n) is 8.65. The molecule has 3 rings (SSSR count). The van der Waals surface area contributed by atoms with Crippen molar-refractivity contribution in [2.45, 2.75) is 38.8 Å². The number of aryl methyl sites for hydroxylation is 2. The Morgan fingerprint density at radius 1 is 1.29 bits per heavy atom. The SMILES string of the molecule is Cc1ccc([C@H](O)CN[C@@H]2CCCN(c3cccnn3)C2)cc1C. The Kier molecular flexibility index (Phi) is 5.43. The number of rotatable bonds is 5. The maximum absolute atomic E-state index is 10.5. The van der Waals surface area contributed by atoms with Crippen molar-refractivity contribution >= 4 is 5.82 Å². The fourth-order valence-corrected chi connectivity index (χ4v) is 3.18. The third-order valence-electron chi connectivity index (χ3n) is 4.82. The molecule has 0 bridgehead atoms. The molecule has 0 spiro atoms. The van der Waals surface area contributed by atoms with Gasteiger partial charge in [-0.15, -0.1) is 5.10 Å². The fourth-order valence-electron chi connectivity index (χ4n) is 3.18. The summed E-state index contributed by atoms with van der Waals surface area (Å²) in [5, 5.41) is 22.1. The molecule has 1 aliphatic heterocycles. The molecule has 1 aromatic carbocycles. The summed E-state index contributed by atoms with van der Waals surface area (Å²) in [5.74, 6) is 0.929. The lowest BCUT2D eigenvalue weighted by molar-refractivity contribution is 0.168. The van der Waals surface area contributed by atoms with Gasteiger partial charge >= 0.3 is 0 Å². The van der Waals surface area contributed by atoms with E-state index < -0.39 is 6.10 Å². The molecular weight excluding hydrogens is 300 g/mol. The minimum absolute atomic E-state index is 0.363. The average molecular weight is 326 g/mol. The lowest BCUT2D eigenvalue weighted by Gasteiger charge is -2.34. The molecule has 1 saturated heterocycles. The van der Waals surface area contributed by atoms with Gasteiger partial charge in [-0.25, -0.2) is 0 Å². The smallest absolute Gasteiger partial charge is 0.151 e. The van der Waals surface area contributed by atoms with E-state index in [1.54, 1.807) is 6.20 Å². The van der Waals surface area contributed by atoms with Crippen LogP contribution in [0, 0.1) is 13.8 Å². The molecular formula is C19H26N4O. The fraction of sp³-hybridized carbons (Fsp3) is 0.474. The van der Waals surface area contributed by atoms with Crippen LogP contribution in [0.2, 0.25) is 0 Å². The summed E-state index contributed by atoms with van der Waals surface area (Å²) in [5.41, 5.74) is 3.45. The molecule has 1 aliphatic rings. The van der Waals surface area contributed by atoms with Crippen LogP contribution in [0.15, 0.2) is 36.5 Å². The van der Waals surface area contributed by atoms with E-state index in [1.807, 2.05) is 18.2 Å². The molecule has 0 amide bonds. The predicted molar refractivity (Wildman–Crippen MR) is 96.1 cm³/mol. The number of anilines is 1. The minimum Gasteiger partial charge on any atom is -0.387 e. The highest BCUT2D eigenvalue weighted by Gasteiger charge is 2.21. The van der Waals surface area contributed by atoms with Crippen molar-refractivity contribution in [3.63, 3.8) is 0 Å². The number of hydrogen-bond acceptors (Lipinski definition) is 5. The Morgan fingerprint density at radius 2 is 2.17 bits per heavy atom. The van der Waals surface area contributed by atoms with Gasteiger partial charge in [0, 0.05) is 31.9 Å². The first-order chi connectivity index (χ1) is 11.6. The molecule has 0 aliphatic carbocycles. The molecule has 5 nitrogen and oxygen atoms in total. The van der Waals surface area contributed by atoms with Crippen LogP contribution < -0.4 is 10.2 Å². The summed E-state index contributed by atoms with van der Waals surface area (Å²) in [7, 11) is 0. The second kappa shape index (κ2) is 7.73. The average Bonchev–Trinajstić information content (AvgIpc) is 2.63. The van der Waals surface area contributed by atoms with Gasteiger partial charge in [0.15, 0.2) is 5.82 Å². The zero-order valence-corrected chi connectivity index (χ0v) is 14.4. The Bertz CT molecular complexity index is 662. The lowest BCUT2D eigenvalue weighted by atomic mass is 10.0. The quantitative estimate of drug-likeness (QED) is 0.883. The second-order valence-corrected chi connectivity index (χ2v) is 6.63. The summed E-state index contributed by atoms with van der Waals surface area (Å²) in [6.07, 6.45) is 3.46. The maximum atomic E-state index is 10.5. The van der Waals surface area contributed by atoms with Crippen molar-refractivity contribution in [3.8, 4) is 0 Å². The monoisotopic (exact) mass is 326 g/mol. The van der Waals surface area contributed by atoms with E-state index in [-0.39, 0.29) is 0 Å². The van der Waals surface area contributed by atoms with Crippen molar-refractivity contribution in [3.05, 3.63) is 53.2 Å². The van der Waals surface area contributed by atoms with E-state index in [0.717, 1.165) is 37.3 Å². The van der Waals surface area contributed by atoms with Crippen molar-refractivity contribution in [1.82, 2.24) is 15.5 Å². The lowest BCUT2D eigenvalue weighted by Crippen LogP contribution is -2.47. The molecule has 0 unspecified atom stereocenters. The van der Waals surface area contributed by atoms with E-state index in [2.05, 4.69) is 46.4 Å². The van der Waals surface area contributed by atoms with Crippen LogP contribution in [0.25, 0.3) is 0 Å². The second-order valence-electron chi connectivity index (χ2n) is 6.63. The summed E-state index contributed by atoms with van der Waals surface area (Å²) < 4.78 is 0. The Balaban J connectivity index is 1.55. The largest absolute Gasteiger partial charge is 0.387 e. The van der Waals surface area contributed by atoms with E-state index in [9.17, 15) is 5.11 Å². The Hall–Kier alpha value is -1.98. The summed E-state index contributed by atoms with van der Waals surface area (Å²) in [6.45, 7) is 6.65. The first kappa shape index (κ1) is 16.9. The maximum Gasteiger partial charge on any atom is 0.151 e. The Labute approximate surface area is 143 Å². The predicted octanol–water partition coefficient (Wildman–Crippen LogP) is 2.39. The van der Waals surface area contributed by atoms with E-state index in [1.165, 1.54) is 11.1 Å². The summed E-state index contributed by atoms with van der Waals surface area (Å²) >= 11 is 0. The Morgan fingerprint density at radius 3 is 2.92 bits per heavy atom. The van der Waals surface area contributed by atoms with Gasteiger partial charge in [0.1, 0.15) is 0 Å². The van der Waals surface area contributed by atoms with E-state index in [4.69, 9.17) is 0 Å². The zero-order valence-electron chi connectivity index (χ0n) is 14.4. The molecule has 2 aromatic rings. The van der Waals surface area contributed by atoms with E-state index >= 15 is 0 Å². The van der Waals surface area contributed by atoms with Crippen LogP contribution in [0.5, 0.6) is 0 Å². The van der Waals surface area contributed by atoms with Crippen molar-refractivity contribution in [2.75, 3.05) is 24.5 Å². The van der Waals surface area contributed by atoms with Crippen LogP contribution in [-0.4, -0.2) is 41.0 Å². The number of aliphatic hydroxyl groups excluding tert-OH is 1. The number of hydrogen-bond donors (Lipinski definition) is 2. The van der Waals surface area contributed by atoms with Gasteiger partial charge in [-0.1, -0.05) is 18.2 Å². The number of piperidine rings is 1. The van der Waals surface area contributed by atoms with Crippen molar-refractivity contribution < 1.29 is 5.11 Å². The molecule has 2 atom stereocenters. The highest BCUT2D eigenvalue weighted by atomic mass is 16.3. The van der Waals surface area contributed by atoms with Crippen LogP contribution >= 0.6 is 0 Å². The van der Waals surface area contributed by atoms with Gasteiger partial charge in [0.25, 0.3) is 0 Å². The summed E-state index contributed by atoms with van der Waals surface area (Å²) in [6, 6.07) is 10.4.